The molecule has 0 bridgehead atoms. The van der Waals surface area contributed by atoms with Crippen LogP contribution in [0.1, 0.15) is 5.56 Å². The Balaban J connectivity index is 1.39. The molecule has 224 valence electrons. The lowest BCUT2D eigenvalue weighted by Gasteiger charge is -2.28. The number of furan rings is 1. The van der Waals surface area contributed by atoms with E-state index in [0.29, 0.717) is 0 Å². The van der Waals surface area contributed by atoms with Crippen LogP contribution in [-0.4, -0.2) is 13.1 Å². The van der Waals surface area contributed by atoms with Crippen molar-refractivity contribution in [3.63, 3.8) is 0 Å². The van der Waals surface area contributed by atoms with Crippen LogP contribution in [0.4, 0.5) is 0 Å². The smallest absolute Gasteiger partial charge is 0.230 e. The lowest BCUT2D eigenvalue weighted by Crippen LogP contribution is -2.66. The molecule has 0 amide bonds. The van der Waals surface area contributed by atoms with Gasteiger partial charge in [-0.25, -0.2) is 0 Å². The molecule has 48 heavy (non-hydrogen) atoms. The number of pyridine rings is 1. The second-order valence-electron chi connectivity index (χ2n) is 12.1. The molecule has 3 heteroatoms. The van der Waals surface area contributed by atoms with Gasteiger partial charge in [-0.15, -0.1) is 5.54 Å². The SMILES string of the molecule is C(#C[Si](c1ccccc1)(c1ccccc1)c1ccc2oc3cccnc3c2c1)c1c2ccccc2c(-c2ccccc2)c2ccccc12. The van der Waals surface area contributed by atoms with E-state index in [1.807, 2.05) is 18.3 Å². The summed E-state index contributed by atoms with van der Waals surface area (Å²) in [4.78, 5) is 4.72. The fourth-order valence-corrected chi connectivity index (χ4v) is 11.1. The van der Waals surface area contributed by atoms with Crippen molar-refractivity contribution in [2.45, 2.75) is 0 Å². The number of nitrogens with zero attached hydrogens (tertiary/aromatic N) is 1. The van der Waals surface area contributed by atoms with E-state index in [1.54, 1.807) is 0 Å². The van der Waals surface area contributed by atoms with E-state index in [1.165, 1.54) is 37.5 Å². The first-order valence-corrected chi connectivity index (χ1v) is 18.2. The topological polar surface area (TPSA) is 26.0 Å². The zero-order valence-corrected chi connectivity index (χ0v) is 27.1. The van der Waals surface area contributed by atoms with E-state index in [-0.39, 0.29) is 0 Å². The van der Waals surface area contributed by atoms with Crippen molar-refractivity contribution in [1.82, 2.24) is 4.98 Å². The second kappa shape index (κ2) is 11.5. The molecule has 0 saturated heterocycles. The standard InChI is InChI=1S/C45H29NOSi/c1-4-15-32(16-5-1)44-39-23-12-10-21-36(39)38(37-22-11-13-24-40(37)44)28-30-48(33-17-6-2-7-18-33,34-19-8-3-9-20-34)35-26-27-42-41(31-35)45-43(47-42)25-14-29-46-45/h1-27,29,31H. The number of hydrogen-bond acceptors (Lipinski definition) is 2. The molecule has 9 rings (SSSR count). The van der Waals surface area contributed by atoms with Crippen molar-refractivity contribution >= 4 is 67.2 Å². The predicted molar refractivity (Wildman–Crippen MR) is 203 cm³/mol. The molecule has 0 unspecified atom stereocenters. The van der Waals surface area contributed by atoms with Gasteiger partial charge in [0.25, 0.3) is 0 Å². The number of aromatic nitrogens is 1. The number of benzene rings is 7. The third kappa shape index (κ3) is 4.46. The van der Waals surface area contributed by atoms with Crippen molar-refractivity contribution < 1.29 is 4.42 Å². The quantitative estimate of drug-likeness (QED) is 0.0843. The second-order valence-corrected chi connectivity index (χ2v) is 15.6. The van der Waals surface area contributed by atoms with Crippen LogP contribution in [0.3, 0.4) is 0 Å². The Morgan fingerprint density at radius 1 is 0.458 bits per heavy atom. The van der Waals surface area contributed by atoms with Gasteiger partial charge in [-0.05, 0) is 72.5 Å². The van der Waals surface area contributed by atoms with Crippen molar-refractivity contribution in [3.05, 3.63) is 182 Å². The minimum absolute atomic E-state index is 0.791. The molecule has 2 heterocycles. The van der Waals surface area contributed by atoms with Crippen LogP contribution in [-0.2, 0) is 0 Å². The highest BCUT2D eigenvalue weighted by molar-refractivity contribution is 7.17. The van der Waals surface area contributed by atoms with E-state index in [0.717, 1.165) is 38.4 Å². The molecule has 0 aliphatic carbocycles. The summed E-state index contributed by atoms with van der Waals surface area (Å²) in [6, 6.07) is 60.3. The van der Waals surface area contributed by atoms with Crippen molar-refractivity contribution in [3.8, 4) is 22.6 Å². The number of fused-ring (bicyclic) bond motifs is 5. The summed E-state index contributed by atoms with van der Waals surface area (Å²) in [6.07, 6.45) is 1.83. The van der Waals surface area contributed by atoms with Crippen LogP contribution in [0, 0.1) is 11.5 Å². The fraction of sp³-hybridized carbons (Fsp3) is 0. The van der Waals surface area contributed by atoms with Crippen LogP contribution < -0.4 is 15.6 Å². The lowest BCUT2D eigenvalue weighted by molar-refractivity contribution is 0.668. The van der Waals surface area contributed by atoms with Gasteiger partial charge in [0.05, 0.1) is 0 Å². The molecule has 7 aromatic carbocycles. The summed E-state index contributed by atoms with van der Waals surface area (Å²) >= 11 is 0. The molecule has 0 fully saturated rings. The fourth-order valence-electron chi connectivity index (χ4n) is 7.26. The lowest BCUT2D eigenvalue weighted by atomic mass is 9.89. The van der Waals surface area contributed by atoms with E-state index in [2.05, 4.69) is 169 Å². The predicted octanol–water partition coefficient (Wildman–Crippen LogP) is 9.02. The van der Waals surface area contributed by atoms with Gasteiger partial charge in [0.15, 0.2) is 5.58 Å². The first-order valence-electron chi connectivity index (χ1n) is 16.2. The summed E-state index contributed by atoms with van der Waals surface area (Å²) in [5, 5.41) is 9.40. The van der Waals surface area contributed by atoms with Gasteiger partial charge in [-0.1, -0.05) is 152 Å². The van der Waals surface area contributed by atoms with Gasteiger partial charge in [0.2, 0.25) is 8.07 Å². The molecule has 0 aliphatic heterocycles. The van der Waals surface area contributed by atoms with Crippen molar-refractivity contribution in [2.24, 2.45) is 0 Å². The molecule has 0 saturated carbocycles. The zero-order valence-electron chi connectivity index (χ0n) is 26.1. The van der Waals surface area contributed by atoms with Crippen molar-refractivity contribution in [1.29, 1.82) is 0 Å². The van der Waals surface area contributed by atoms with Gasteiger partial charge in [0.1, 0.15) is 11.1 Å². The molecule has 0 spiro atoms. The molecular formula is C45H29NOSi. The van der Waals surface area contributed by atoms with Crippen LogP contribution in [0.15, 0.2) is 180 Å². The van der Waals surface area contributed by atoms with Gasteiger partial charge in [0, 0.05) is 17.1 Å². The molecule has 0 N–H and O–H groups in total. The maximum absolute atomic E-state index is 6.22. The number of hydrogen-bond donors (Lipinski definition) is 0. The summed E-state index contributed by atoms with van der Waals surface area (Å²) in [5.74, 6) is 3.90. The Morgan fingerprint density at radius 3 is 1.65 bits per heavy atom. The summed E-state index contributed by atoms with van der Waals surface area (Å²) < 4.78 is 6.22. The monoisotopic (exact) mass is 627 g/mol. The van der Waals surface area contributed by atoms with Crippen LogP contribution in [0.25, 0.3) is 54.7 Å². The number of rotatable bonds is 4. The van der Waals surface area contributed by atoms with Gasteiger partial charge < -0.3 is 4.42 Å². The van der Waals surface area contributed by atoms with E-state index >= 15 is 0 Å². The highest BCUT2D eigenvalue weighted by Gasteiger charge is 2.39. The Kier molecular flexibility index (Phi) is 6.74. The van der Waals surface area contributed by atoms with Crippen LogP contribution in [0.2, 0.25) is 0 Å². The first-order chi connectivity index (χ1) is 23.8. The Morgan fingerprint density at radius 2 is 1.02 bits per heavy atom. The maximum Gasteiger partial charge on any atom is 0.230 e. The largest absolute Gasteiger partial charge is 0.454 e. The molecule has 2 aromatic heterocycles. The summed E-state index contributed by atoms with van der Waals surface area (Å²) in [7, 11) is -2.97. The average Bonchev–Trinajstić information content (AvgIpc) is 3.54. The Labute approximate surface area is 280 Å². The highest BCUT2D eigenvalue weighted by Crippen LogP contribution is 2.39. The molecule has 9 aromatic rings. The molecule has 0 atom stereocenters. The molecule has 0 radical (unpaired) electrons. The average molecular weight is 628 g/mol. The van der Waals surface area contributed by atoms with Gasteiger partial charge in [-0.2, -0.15) is 0 Å². The van der Waals surface area contributed by atoms with Crippen molar-refractivity contribution in [2.75, 3.05) is 0 Å². The van der Waals surface area contributed by atoms with Gasteiger partial charge in [-0.3, -0.25) is 4.98 Å². The third-order valence-electron chi connectivity index (χ3n) is 9.44. The minimum Gasteiger partial charge on any atom is -0.454 e. The van der Waals surface area contributed by atoms with Crippen LogP contribution >= 0.6 is 0 Å². The van der Waals surface area contributed by atoms with Crippen LogP contribution in [0.5, 0.6) is 0 Å². The summed E-state index contributed by atoms with van der Waals surface area (Å²) in [6.45, 7) is 0. The normalized spacial score (nSPS) is 11.6. The molecule has 0 aliphatic rings. The van der Waals surface area contributed by atoms with E-state index in [9.17, 15) is 0 Å². The Hall–Kier alpha value is -6.21. The van der Waals surface area contributed by atoms with Gasteiger partial charge >= 0.3 is 0 Å². The minimum atomic E-state index is -2.97. The third-order valence-corrected chi connectivity index (χ3v) is 13.5. The van der Waals surface area contributed by atoms with E-state index < -0.39 is 8.07 Å². The van der Waals surface area contributed by atoms with E-state index in [4.69, 9.17) is 9.40 Å². The molecular weight excluding hydrogens is 599 g/mol. The first kappa shape index (κ1) is 28.0. The maximum atomic E-state index is 6.22. The Bertz CT molecular complexity index is 2570. The summed E-state index contributed by atoms with van der Waals surface area (Å²) in [5.41, 5.74) is 10.1. The zero-order chi connectivity index (χ0) is 31.9. The highest BCUT2D eigenvalue weighted by atomic mass is 28.3. The molecule has 2 nitrogen and oxygen atoms in total.